The average Bonchev–Trinajstić information content (AvgIpc) is 2.68. The van der Waals surface area contributed by atoms with Crippen LogP contribution in [0.1, 0.15) is 19.3 Å². The Bertz CT molecular complexity index is 316. The maximum Gasteiger partial charge on any atom is 0.338 e. The maximum absolute atomic E-state index is 11.3. The van der Waals surface area contributed by atoms with Gasteiger partial charge in [0.1, 0.15) is 11.5 Å². The second-order valence-electron chi connectivity index (χ2n) is 4.18. The van der Waals surface area contributed by atoms with E-state index < -0.39 is 22.4 Å². The molecule has 0 aromatic rings. The van der Waals surface area contributed by atoms with Crippen molar-refractivity contribution in [3.63, 3.8) is 0 Å². The van der Waals surface area contributed by atoms with Crippen LogP contribution in [0.15, 0.2) is 5.16 Å². The van der Waals surface area contributed by atoms with Crippen LogP contribution in [0, 0.1) is 5.41 Å². The summed E-state index contributed by atoms with van der Waals surface area (Å²) < 4.78 is 29.4. The minimum Gasteiger partial charge on any atom is -0.616 e. The molecule has 0 amide bonds. The molecule has 92 valence electrons. The molecule has 2 aliphatic rings. The van der Waals surface area contributed by atoms with E-state index in [4.69, 9.17) is 5.73 Å². The van der Waals surface area contributed by atoms with Gasteiger partial charge in [0.2, 0.25) is 0 Å². The van der Waals surface area contributed by atoms with E-state index >= 15 is 0 Å². The van der Waals surface area contributed by atoms with E-state index in [9.17, 15) is 8.76 Å². The lowest BCUT2D eigenvalue weighted by Crippen LogP contribution is -2.42. The minimum atomic E-state index is -1.54. The molecule has 0 aromatic carbocycles. The smallest absolute Gasteiger partial charge is 0.338 e. The zero-order valence-electron chi connectivity index (χ0n) is 8.81. The van der Waals surface area contributed by atoms with Gasteiger partial charge in [0.25, 0.3) is 0 Å². The largest absolute Gasteiger partial charge is 0.616 e. The molecule has 8 heteroatoms. The summed E-state index contributed by atoms with van der Waals surface area (Å²) >= 11 is -2.24. The van der Waals surface area contributed by atoms with Crippen molar-refractivity contribution in [2.75, 3.05) is 18.1 Å². The number of hydrogen-bond donors (Lipinski definition) is 2. The van der Waals surface area contributed by atoms with Gasteiger partial charge in [-0.15, -0.1) is 0 Å². The monoisotopic (exact) mass is 265 g/mol. The Balaban J connectivity index is 1.97. The predicted molar refractivity (Wildman–Crippen MR) is 63.0 cm³/mol. The number of amidine groups is 1. The normalized spacial score (nSPS) is 38.8. The zero-order chi connectivity index (χ0) is 11.6. The fourth-order valence-electron chi connectivity index (χ4n) is 1.98. The second-order valence-corrected chi connectivity index (χ2v) is 6.70. The summed E-state index contributed by atoms with van der Waals surface area (Å²) in [6.45, 7) is 0.525. The summed E-state index contributed by atoms with van der Waals surface area (Å²) in [6.07, 6.45) is 2.26. The molecule has 0 aliphatic carbocycles. The van der Waals surface area contributed by atoms with E-state index in [-0.39, 0.29) is 5.41 Å². The highest BCUT2D eigenvalue weighted by atomic mass is 32.2. The molecule has 1 unspecified atom stereocenters. The number of nitrogens with two attached hydrogens (primary N) is 1. The van der Waals surface area contributed by atoms with Crippen molar-refractivity contribution in [3.8, 4) is 0 Å². The molecule has 0 spiro atoms. The number of nitrogens with zero attached hydrogens (tertiary/aromatic N) is 1. The van der Waals surface area contributed by atoms with Gasteiger partial charge >= 0.3 is 11.3 Å². The Labute approximate surface area is 99.9 Å². The third-order valence-corrected chi connectivity index (χ3v) is 5.04. The van der Waals surface area contributed by atoms with Crippen molar-refractivity contribution in [2.45, 2.75) is 19.3 Å². The quantitative estimate of drug-likeness (QED) is 0.664. The van der Waals surface area contributed by atoms with Crippen molar-refractivity contribution in [3.05, 3.63) is 0 Å². The van der Waals surface area contributed by atoms with Crippen molar-refractivity contribution in [2.24, 2.45) is 16.3 Å². The van der Waals surface area contributed by atoms with Gasteiger partial charge in [0.05, 0.1) is 0 Å². The predicted octanol–water partition coefficient (Wildman–Crippen LogP) is -0.624. The molecule has 6 nitrogen and oxygen atoms in total. The Morgan fingerprint density at radius 1 is 1.62 bits per heavy atom. The molecular weight excluding hydrogens is 250 g/mol. The van der Waals surface area contributed by atoms with E-state index in [1.807, 2.05) is 0 Å². The maximum atomic E-state index is 11.3. The first-order chi connectivity index (χ1) is 7.63. The first kappa shape index (κ1) is 12.2. The van der Waals surface area contributed by atoms with Crippen LogP contribution in [0.25, 0.3) is 0 Å². The SMILES string of the molecule is NCC1(CC2=NOS(=O)N2)CC[S+]([O-])CC1. The minimum absolute atomic E-state index is 0.0718. The molecule has 3 N–H and O–H groups in total. The highest BCUT2D eigenvalue weighted by Crippen LogP contribution is 2.35. The zero-order valence-corrected chi connectivity index (χ0v) is 10.4. The van der Waals surface area contributed by atoms with E-state index in [0.29, 0.717) is 30.3 Å². The summed E-state index contributed by atoms with van der Waals surface area (Å²) in [5.74, 6) is 1.96. The molecular formula is C8H15N3O3S2. The topological polar surface area (TPSA) is 99.8 Å². The van der Waals surface area contributed by atoms with Gasteiger partial charge in [0, 0.05) is 6.42 Å². The van der Waals surface area contributed by atoms with Gasteiger partial charge in [0.15, 0.2) is 5.84 Å². The fourth-order valence-corrected chi connectivity index (χ4v) is 4.00. The molecule has 2 rings (SSSR count). The molecule has 1 fully saturated rings. The fraction of sp³-hybridized carbons (Fsp3) is 0.875. The number of nitrogens with one attached hydrogen (secondary N) is 1. The van der Waals surface area contributed by atoms with E-state index in [2.05, 4.69) is 14.2 Å². The summed E-state index contributed by atoms with van der Waals surface area (Å²) in [5, 5.41) is 3.70. The second kappa shape index (κ2) is 4.91. The number of rotatable bonds is 3. The summed E-state index contributed by atoms with van der Waals surface area (Å²) in [6, 6.07) is 0. The highest BCUT2D eigenvalue weighted by molar-refractivity contribution is 7.91. The standard InChI is InChI=1S/C8H15N3O3S2/c9-6-8(1-3-15(12)4-2-8)5-7-10-14-16(13)11-7/h1-6,9H2,(H,10,11). The Kier molecular flexibility index (Phi) is 3.73. The van der Waals surface area contributed by atoms with Gasteiger partial charge in [-0.25, -0.2) is 0 Å². The Morgan fingerprint density at radius 3 is 2.81 bits per heavy atom. The Morgan fingerprint density at radius 2 is 2.31 bits per heavy atom. The van der Waals surface area contributed by atoms with Crippen LogP contribution in [0.4, 0.5) is 0 Å². The third kappa shape index (κ3) is 2.68. The van der Waals surface area contributed by atoms with Crippen LogP contribution in [-0.4, -0.2) is 32.6 Å². The van der Waals surface area contributed by atoms with Gasteiger partial charge in [-0.2, -0.15) is 4.21 Å². The molecule has 1 atom stereocenters. The highest BCUT2D eigenvalue weighted by Gasteiger charge is 2.38. The van der Waals surface area contributed by atoms with Crippen LogP contribution in [-0.2, 0) is 26.7 Å². The third-order valence-electron chi connectivity index (χ3n) is 3.11. The molecule has 0 radical (unpaired) electrons. The van der Waals surface area contributed by atoms with E-state index in [1.54, 1.807) is 0 Å². The lowest BCUT2D eigenvalue weighted by atomic mass is 9.78. The summed E-state index contributed by atoms with van der Waals surface area (Å²) in [7, 11) is 0. The lowest BCUT2D eigenvalue weighted by Gasteiger charge is -2.36. The average molecular weight is 265 g/mol. The summed E-state index contributed by atoms with van der Waals surface area (Å²) in [4.78, 5) is 0. The molecule has 2 heterocycles. The first-order valence-corrected chi connectivity index (χ1v) is 7.68. The van der Waals surface area contributed by atoms with Crippen LogP contribution >= 0.6 is 0 Å². The van der Waals surface area contributed by atoms with Crippen molar-refractivity contribution < 1.29 is 13.0 Å². The number of hydrogen-bond acceptors (Lipinski definition) is 5. The van der Waals surface area contributed by atoms with Gasteiger partial charge in [-0.1, -0.05) is 16.3 Å². The first-order valence-electron chi connectivity index (χ1n) is 5.11. The van der Waals surface area contributed by atoms with Crippen LogP contribution in [0.3, 0.4) is 0 Å². The van der Waals surface area contributed by atoms with Gasteiger partial charge in [-0.05, 0) is 24.8 Å². The van der Waals surface area contributed by atoms with Crippen molar-refractivity contribution in [1.29, 1.82) is 0 Å². The molecule has 0 aromatic heterocycles. The Hall–Kier alpha value is -0.310. The molecule has 16 heavy (non-hydrogen) atoms. The van der Waals surface area contributed by atoms with Crippen molar-refractivity contribution in [1.82, 2.24) is 4.72 Å². The van der Waals surface area contributed by atoms with E-state index in [0.717, 1.165) is 12.8 Å². The van der Waals surface area contributed by atoms with Crippen molar-refractivity contribution >= 4 is 28.3 Å². The molecule has 0 bridgehead atoms. The van der Waals surface area contributed by atoms with Crippen LogP contribution in [0.5, 0.6) is 0 Å². The molecule has 0 saturated carbocycles. The van der Waals surface area contributed by atoms with Gasteiger partial charge < -0.3 is 10.3 Å². The van der Waals surface area contributed by atoms with Gasteiger partial charge in [-0.3, -0.25) is 9.01 Å². The number of oxime groups is 1. The molecule has 1 saturated heterocycles. The van der Waals surface area contributed by atoms with Crippen LogP contribution < -0.4 is 10.5 Å². The lowest BCUT2D eigenvalue weighted by molar-refractivity contribution is 0.274. The molecule has 2 aliphatic heterocycles. The van der Waals surface area contributed by atoms with Crippen LogP contribution in [0.2, 0.25) is 0 Å². The summed E-state index contributed by atoms with van der Waals surface area (Å²) in [5.41, 5.74) is 5.73. The van der Waals surface area contributed by atoms with E-state index in [1.165, 1.54) is 0 Å².